The molecule has 34 heavy (non-hydrogen) atoms. The van der Waals surface area contributed by atoms with Crippen molar-refractivity contribution in [2.45, 2.75) is 39.3 Å². The molecule has 1 heterocycles. The number of imidazole rings is 1. The lowest BCUT2D eigenvalue weighted by atomic mass is 9.87. The van der Waals surface area contributed by atoms with Crippen molar-refractivity contribution in [3.05, 3.63) is 89.7 Å². The molecule has 0 saturated heterocycles. The van der Waals surface area contributed by atoms with Crippen LogP contribution in [-0.4, -0.2) is 29.2 Å². The van der Waals surface area contributed by atoms with E-state index in [0.717, 1.165) is 22.6 Å². The Balaban J connectivity index is 1.44. The molecule has 0 radical (unpaired) electrons. The number of aromatic nitrogens is 2. The highest BCUT2D eigenvalue weighted by Crippen LogP contribution is 2.24. The van der Waals surface area contributed by atoms with Crippen LogP contribution in [0, 0.1) is 0 Å². The Kier molecular flexibility index (Phi) is 6.87. The van der Waals surface area contributed by atoms with E-state index in [1.807, 2.05) is 36.4 Å². The van der Waals surface area contributed by atoms with Crippen LogP contribution in [0.25, 0.3) is 11.0 Å². The number of methoxy groups -OCH3 is 1. The zero-order valence-electron chi connectivity index (χ0n) is 20.2. The van der Waals surface area contributed by atoms with E-state index in [-0.39, 0.29) is 11.3 Å². The smallest absolute Gasteiger partial charge is 0.251 e. The summed E-state index contributed by atoms with van der Waals surface area (Å²) in [7, 11) is 1.60. The molecule has 0 fully saturated rings. The van der Waals surface area contributed by atoms with Gasteiger partial charge in [0, 0.05) is 5.56 Å². The molecule has 0 spiro atoms. The fraction of sp³-hybridized carbons (Fsp3) is 0.286. The Hall–Kier alpha value is -3.80. The maximum atomic E-state index is 12.6. The van der Waals surface area contributed by atoms with Crippen LogP contribution in [0.3, 0.4) is 0 Å². The maximum Gasteiger partial charge on any atom is 0.251 e. The molecule has 0 bridgehead atoms. The molecule has 3 aromatic carbocycles. The number of nitrogens with zero attached hydrogens (tertiary/aromatic N) is 2. The quantitative estimate of drug-likeness (QED) is 0.387. The van der Waals surface area contributed by atoms with E-state index in [1.54, 1.807) is 31.4 Å². The molecule has 0 unspecified atom stereocenters. The van der Waals surface area contributed by atoms with Gasteiger partial charge in [0.15, 0.2) is 0 Å². The first-order chi connectivity index (χ1) is 16.3. The molecule has 6 heteroatoms. The summed E-state index contributed by atoms with van der Waals surface area (Å²) in [6, 6.07) is 23.3. The van der Waals surface area contributed by atoms with E-state index < -0.39 is 0 Å². The molecule has 176 valence electrons. The number of carbonyl (C=O) groups excluding carboxylic acids is 1. The fourth-order valence-corrected chi connectivity index (χ4v) is 3.82. The zero-order valence-corrected chi connectivity index (χ0v) is 20.2. The van der Waals surface area contributed by atoms with Crippen molar-refractivity contribution in [1.82, 2.24) is 14.9 Å². The number of ether oxygens (including phenoxy) is 2. The minimum Gasteiger partial charge on any atom is -0.497 e. The van der Waals surface area contributed by atoms with Gasteiger partial charge in [-0.3, -0.25) is 4.79 Å². The van der Waals surface area contributed by atoms with E-state index in [4.69, 9.17) is 14.5 Å². The molecule has 1 N–H and O–H groups in total. The van der Waals surface area contributed by atoms with Crippen LogP contribution in [0.5, 0.6) is 11.5 Å². The first-order valence-electron chi connectivity index (χ1n) is 11.4. The Morgan fingerprint density at radius 3 is 2.29 bits per heavy atom. The summed E-state index contributed by atoms with van der Waals surface area (Å²) >= 11 is 0. The summed E-state index contributed by atoms with van der Waals surface area (Å²) in [4.78, 5) is 17.4. The van der Waals surface area contributed by atoms with Crippen molar-refractivity contribution in [2.75, 3.05) is 13.7 Å². The van der Waals surface area contributed by atoms with Crippen LogP contribution in [0.15, 0.2) is 72.8 Å². The number of carbonyl (C=O) groups is 1. The van der Waals surface area contributed by atoms with Gasteiger partial charge in [0.05, 0.1) is 31.2 Å². The highest BCUT2D eigenvalue weighted by atomic mass is 16.5. The number of amides is 1. The molecule has 1 amide bonds. The van der Waals surface area contributed by atoms with Crippen molar-refractivity contribution >= 4 is 16.9 Å². The molecule has 0 saturated carbocycles. The topological polar surface area (TPSA) is 65.4 Å². The molecule has 0 aliphatic rings. The number of hydrogen-bond acceptors (Lipinski definition) is 4. The summed E-state index contributed by atoms with van der Waals surface area (Å²) in [5.41, 5.74) is 3.87. The van der Waals surface area contributed by atoms with Crippen molar-refractivity contribution in [3.63, 3.8) is 0 Å². The van der Waals surface area contributed by atoms with E-state index in [1.165, 1.54) is 5.56 Å². The Morgan fingerprint density at radius 1 is 0.941 bits per heavy atom. The second-order valence-corrected chi connectivity index (χ2v) is 9.20. The number of fused-ring (bicyclic) bond motifs is 1. The lowest BCUT2D eigenvalue weighted by molar-refractivity contribution is 0.0949. The van der Waals surface area contributed by atoms with Crippen LogP contribution in [0.2, 0.25) is 0 Å². The van der Waals surface area contributed by atoms with Gasteiger partial charge in [-0.1, -0.05) is 45.0 Å². The van der Waals surface area contributed by atoms with Crippen LogP contribution < -0.4 is 14.8 Å². The van der Waals surface area contributed by atoms with E-state index in [9.17, 15) is 4.79 Å². The lowest BCUT2D eigenvalue weighted by Gasteiger charge is -2.19. The van der Waals surface area contributed by atoms with Gasteiger partial charge in [0.25, 0.3) is 5.91 Å². The third-order valence-electron chi connectivity index (χ3n) is 5.80. The predicted octanol–water partition coefficient (Wildman–Crippen LogP) is 5.35. The highest BCUT2D eigenvalue weighted by molar-refractivity contribution is 5.94. The molecule has 0 atom stereocenters. The average molecular weight is 458 g/mol. The zero-order chi connectivity index (χ0) is 24.1. The molecule has 0 aliphatic carbocycles. The van der Waals surface area contributed by atoms with Gasteiger partial charge in [0.2, 0.25) is 0 Å². The monoisotopic (exact) mass is 457 g/mol. The highest BCUT2D eigenvalue weighted by Gasteiger charge is 2.14. The van der Waals surface area contributed by atoms with Gasteiger partial charge >= 0.3 is 0 Å². The maximum absolute atomic E-state index is 12.6. The molecule has 1 aromatic heterocycles. The van der Waals surface area contributed by atoms with Crippen molar-refractivity contribution in [2.24, 2.45) is 0 Å². The minimum atomic E-state index is -0.156. The third-order valence-corrected chi connectivity index (χ3v) is 5.80. The Labute approximate surface area is 200 Å². The Morgan fingerprint density at radius 2 is 1.62 bits per heavy atom. The van der Waals surface area contributed by atoms with Crippen LogP contribution >= 0.6 is 0 Å². The van der Waals surface area contributed by atoms with E-state index in [2.05, 4.69) is 42.8 Å². The molecule has 6 nitrogen and oxygen atoms in total. The van der Waals surface area contributed by atoms with E-state index in [0.29, 0.717) is 31.0 Å². The first kappa shape index (κ1) is 23.4. The first-order valence-corrected chi connectivity index (χ1v) is 11.4. The number of nitrogens with one attached hydrogen (secondary N) is 1. The van der Waals surface area contributed by atoms with Crippen LogP contribution in [0.4, 0.5) is 0 Å². The summed E-state index contributed by atoms with van der Waals surface area (Å²) in [6.45, 7) is 8.02. The summed E-state index contributed by atoms with van der Waals surface area (Å²) < 4.78 is 13.3. The van der Waals surface area contributed by atoms with Crippen molar-refractivity contribution in [3.8, 4) is 11.5 Å². The minimum absolute atomic E-state index is 0.111. The van der Waals surface area contributed by atoms with E-state index >= 15 is 0 Å². The number of para-hydroxylation sites is 2. The molecular formula is C28H31N3O3. The Bertz CT molecular complexity index is 1250. The third kappa shape index (κ3) is 5.39. The van der Waals surface area contributed by atoms with Crippen molar-refractivity contribution < 1.29 is 14.3 Å². The second kappa shape index (κ2) is 10.00. The second-order valence-electron chi connectivity index (χ2n) is 9.20. The lowest BCUT2D eigenvalue weighted by Crippen LogP contribution is -2.25. The normalized spacial score (nSPS) is 11.4. The fourth-order valence-electron chi connectivity index (χ4n) is 3.82. The summed E-state index contributed by atoms with van der Waals surface area (Å²) in [5.74, 6) is 2.18. The summed E-state index contributed by atoms with van der Waals surface area (Å²) in [5, 5.41) is 2.98. The van der Waals surface area contributed by atoms with Gasteiger partial charge < -0.3 is 19.4 Å². The average Bonchev–Trinajstić information content (AvgIpc) is 3.20. The SMILES string of the molecule is COc1ccc(C(=O)NCc2nc3ccccc3n2CCOc2ccc(C(C)(C)C)cc2)cc1. The number of benzene rings is 3. The standard InChI is InChI=1S/C28H31N3O3/c1-28(2,3)21-11-15-23(16-12-21)34-18-17-31-25-8-6-5-7-24(25)30-26(31)19-29-27(32)20-9-13-22(33-4)14-10-20/h5-16H,17-19H2,1-4H3,(H,29,32). The van der Waals surface area contributed by atoms with Gasteiger partial charge in [-0.15, -0.1) is 0 Å². The predicted molar refractivity (Wildman–Crippen MR) is 135 cm³/mol. The molecule has 4 aromatic rings. The van der Waals surface area contributed by atoms with Gasteiger partial charge in [0.1, 0.15) is 23.9 Å². The van der Waals surface area contributed by atoms with Crippen molar-refractivity contribution in [1.29, 1.82) is 0 Å². The van der Waals surface area contributed by atoms with Gasteiger partial charge in [-0.05, 0) is 59.5 Å². The number of hydrogen-bond donors (Lipinski definition) is 1. The summed E-state index contributed by atoms with van der Waals surface area (Å²) in [6.07, 6.45) is 0. The molecule has 4 rings (SSSR count). The number of rotatable bonds is 8. The largest absolute Gasteiger partial charge is 0.497 e. The molecule has 0 aliphatic heterocycles. The van der Waals surface area contributed by atoms with Gasteiger partial charge in [-0.25, -0.2) is 4.98 Å². The van der Waals surface area contributed by atoms with Crippen LogP contribution in [0.1, 0.15) is 42.5 Å². The van der Waals surface area contributed by atoms with Crippen LogP contribution in [-0.2, 0) is 18.5 Å². The molecular weight excluding hydrogens is 426 g/mol. The van der Waals surface area contributed by atoms with Gasteiger partial charge in [-0.2, -0.15) is 0 Å².